The molecule has 0 fully saturated rings. The minimum absolute atomic E-state index is 0.312. The van der Waals surface area contributed by atoms with Crippen LogP contribution in [0.15, 0.2) is 89.3 Å². The highest BCUT2D eigenvalue weighted by Crippen LogP contribution is 2.43. The summed E-state index contributed by atoms with van der Waals surface area (Å²) in [5.74, 6) is -0.107. The van der Waals surface area contributed by atoms with Crippen LogP contribution in [-0.2, 0) is 10.0 Å². The van der Waals surface area contributed by atoms with Gasteiger partial charge in [0.1, 0.15) is 23.4 Å². The number of furan rings is 1. The van der Waals surface area contributed by atoms with E-state index in [1.807, 2.05) is 36.4 Å². The van der Waals surface area contributed by atoms with Crippen LogP contribution < -0.4 is 9.62 Å². The number of fused-ring (bicyclic) bond motifs is 2. The molecule has 6 aromatic rings. The molecule has 1 unspecified atom stereocenters. The van der Waals surface area contributed by atoms with Crippen molar-refractivity contribution >= 4 is 37.6 Å². The van der Waals surface area contributed by atoms with Crippen molar-refractivity contribution in [2.75, 3.05) is 24.7 Å². The zero-order valence-corrected chi connectivity index (χ0v) is 24.3. The minimum Gasteiger partial charge on any atom is -0.456 e. The number of aliphatic hydroxyl groups is 1. The molecule has 2 aromatic heterocycles. The Hall–Kier alpha value is -4.95. The van der Waals surface area contributed by atoms with Crippen LogP contribution in [0.1, 0.15) is 17.4 Å². The number of anilines is 1. The predicted molar refractivity (Wildman–Crippen MR) is 166 cm³/mol. The van der Waals surface area contributed by atoms with E-state index in [1.165, 1.54) is 19.2 Å². The molecule has 3 N–H and O–H groups in total. The third-order valence-corrected chi connectivity index (χ3v) is 8.74. The summed E-state index contributed by atoms with van der Waals surface area (Å²) in [6.45, 7) is 0. The summed E-state index contributed by atoms with van der Waals surface area (Å²) < 4.78 is 46.7. The Morgan fingerprint density at radius 3 is 2.40 bits per heavy atom. The van der Waals surface area contributed by atoms with Crippen LogP contribution in [0.25, 0.3) is 55.6 Å². The van der Waals surface area contributed by atoms with E-state index in [1.54, 1.807) is 43.4 Å². The molecule has 0 radical (unpaired) electrons. The molecule has 6 rings (SSSR count). The molecule has 2 heterocycles. The average Bonchev–Trinajstić information content (AvgIpc) is 3.61. The van der Waals surface area contributed by atoms with E-state index in [0.717, 1.165) is 32.7 Å². The second kappa shape index (κ2) is 10.7. The van der Waals surface area contributed by atoms with Crippen molar-refractivity contribution in [3.05, 3.63) is 102 Å². The van der Waals surface area contributed by atoms with Crippen LogP contribution in [-0.4, -0.2) is 38.9 Å². The van der Waals surface area contributed by atoms with Gasteiger partial charge in [0.15, 0.2) is 0 Å². The molecule has 10 heteroatoms. The van der Waals surface area contributed by atoms with Crippen LogP contribution in [0.3, 0.4) is 0 Å². The summed E-state index contributed by atoms with van der Waals surface area (Å²) >= 11 is 0. The van der Waals surface area contributed by atoms with E-state index in [2.05, 4.69) is 16.4 Å². The maximum absolute atomic E-state index is 13.7. The van der Waals surface area contributed by atoms with Gasteiger partial charge in [-0.15, -0.1) is 0 Å². The summed E-state index contributed by atoms with van der Waals surface area (Å²) in [7, 11) is -0.679. The molecule has 8 nitrogen and oxygen atoms in total. The second-order valence-electron chi connectivity index (χ2n) is 10.3. The van der Waals surface area contributed by atoms with Gasteiger partial charge in [-0.3, -0.25) is 9.62 Å². The van der Waals surface area contributed by atoms with Gasteiger partial charge in [-0.1, -0.05) is 18.2 Å². The average molecular weight is 595 g/mol. The molecule has 0 aliphatic rings. The lowest BCUT2D eigenvalue weighted by molar-refractivity contribution is 0.150. The zero-order chi connectivity index (χ0) is 30.5. The summed E-state index contributed by atoms with van der Waals surface area (Å²) in [6.07, 6.45) is -0.0507. The standard InChI is InChI=1S/C33H27FN4O4S/c1-36-33(39)31-26-16-25(22-12-19(18-35)13-23(14-22)28-15-21-6-4-5-7-27(21)37-28)29(38(2)43(3,40)41)17-30(26)42-32(31)20-8-10-24(34)11-9-20/h4-17,33,36-37,39H,1-3H3. The van der Waals surface area contributed by atoms with E-state index < -0.39 is 22.1 Å². The first-order valence-corrected chi connectivity index (χ1v) is 15.2. The number of nitriles is 1. The van der Waals surface area contributed by atoms with Gasteiger partial charge in [0, 0.05) is 51.8 Å². The maximum atomic E-state index is 13.7. The Bertz CT molecular complexity index is 2130. The Labute approximate surface area is 247 Å². The topological polar surface area (TPSA) is 122 Å². The molecule has 0 saturated carbocycles. The number of nitrogens with zero attached hydrogens (tertiary/aromatic N) is 2. The lowest BCUT2D eigenvalue weighted by atomic mass is 9.95. The third kappa shape index (κ3) is 5.15. The SMILES string of the molecule is CNC(O)c1c(-c2ccc(F)cc2)oc2cc(N(C)S(C)(=O)=O)c(-c3cc(C#N)cc(-c4cc5ccccc5[nH]4)c3)cc12. The molecule has 43 heavy (non-hydrogen) atoms. The predicted octanol–water partition coefficient (Wildman–Crippen LogP) is 6.53. The molecule has 0 amide bonds. The maximum Gasteiger partial charge on any atom is 0.232 e. The van der Waals surface area contributed by atoms with Crippen LogP contribution in [0.5, 0.6) is 0 Å². The number of halogens is 1. The number of aromatic amines is 1. The van der Waals surface area contributed by atoms with Gasteiger partial charge in [0.25, 0.3) is 0 Å². The van der Waals surface area contributed by atoms with Crippen LogP contribution in [0.4, 0.5) is 10.1 Å². The van der Waals surface area contributed by atoms with Crippen molar-refractivity contribution in [2.45, 2.75) is 6.23 Å². The number of rotatable bonds is 7. The fourth-order valence-electron chi connectivity index (χ4n) is 5.29. The highest BCUT2D eigenvalue weighted by molar-refractivity contribution is 7.92. The molecular formula is C33H27FN4O4S. The third-order valence-electron chi connectivity index (χ3n) is 7.55. The smallest absolute Gasteiger partial charge is 0.232 e. The Balaban J connectivity index is 1.65. The van der Waals surface area contributed by atoms with E-state index >= 15 is 0 Å². The van der Waals surface area contributed by atoms with Gasteiger partial charge < -0.3 is 14.5 Å². The minimum atomic E-state index is -3.71. The fraction of sp³-hybridized carbons (Fsp3) is 0.121. The lowest BCUT2D eigenvalue weighted by Gasteiger charge is -2.21. The van der Waals surface area contributed by atoms with Gasteiger partial charge in [-0.25, -0.2) is 12.8 Å². The molecule has 4 aromatic carbocycles. The number of para-hydroxylation sites is 1. The van der Waals surface area contributed by atoms with Crippen molar-refractivity contribution in [3.8, 4) is 39.8 Å². The van der Waals surface area contributed by atoms with Crippen molar-refractivity contribution in [1.82, 2.24) is 10.3 Å². The molecule has 1 atom stereocenters. The van der Waals surface area contributed by atoms with Crippen molar-refractivity contribution in [3.63, 3.8) is 0 Å². The highest BCUT2D eigenvalue weighted by Gasteiger charge is 2.26. The largest absolute Gasteiger partial charge is 0.456 e. The number of nitrogens with one attached hydrogen (secondary N) is 2. The second-order valence-corrected chi connectivity index (χ2v) is 12.3. The summed E-state index contributed by atoms with van der Waals surface area (Å²) in [5, 5.41) is 25.3. The van der Waals surface area contributed by atoms with Crippen molar-refractivity contribution in [2.24, 2.45) is 0 Å². The van der Waals surface area contributed by atoms with Gasteiger partial charge in [-0.2, -0.15) is 5.26 Å². The Morgan fingerprint density at radius 1 is 1.00 bits per heavy atom. The Morgan fingerprint density at radius 2 is 1.72 bits per heavy atom. The number of sulfonamides is 1. The quantitative estimate of drug-likeness (QED) is 0.181. The molecule has 0 saturated heterocycles. The molecule has 0 spiro atoms. The van der Waals surface area contributed by atoms with E-state index in [4.69, 9.17) is 4.42 Å². The first-order chi connectivity index (χ1) is 20.6. The normalized spacial score (nSPS) is 12.5. The van der Waals surface area contributed by atoms with Crippen LogP contribution in [0.2, 0.25) is 0 Å². The lowest BCUT2D eigenvalue weighted by Crippen LogP contribution is -2.25. The molecule has 0 aliphatic carbocycles. The van der Waals surface area contributed by atoms with Gasteiger partial charge in [-0.05, 0) is 78.8 Å². The van der Waals surface area contributed by atoms with E-state index in [0.29, 0.717) is 50.2 Å². The van der Waals surface area contributed by atoms with Gasteiger partial charge in [0.2, 0.25) is 10.0 Å². The summed E-state index contributed by atoms with van der Waals surface area (Å²) in [5.41, 5.74) is 5.55. The first kappa shape index (κ1) is 28.2. The number of benzene rings is 4. The van der Waals surface area contributed by atoms with Crippen LogP contribution >= 0.6 is 0 Å². The zero-order valence-electron chi connectivity index (χ0n) is 23.5. The molecule has 216 valence electrons. The summed E-state index contributed by atoms with van der Waals surface area (Å²) in [6, 6.07) is 26.5. The molecule has 0 bridgehead atoms. The highest BCUT2D eigenvalue weighted by atomic mass is 32.2. The number of hydrogen-bond donors (Lipinski definition) is 3. The summed E-state index contributed by atoms with van der Waals surface area (Å²) in [4.78, 5) is 3.39. The number of aliphatic hydroxyl groups excluding tert-OH is 1. The van der Waals surface area contributed by atoms with E-state index in [-0.39, 0.29) is 0 Å². The fourth-order valence-corrected chi connectivity index (χ4v) is 5.79. The van der Waals surface area contributed by atoms with Gasteiger partial charge >= 0.3 is 0 Å². The number of aromatic nitrogens is 1. The van der Waals surface area contributed by atoms with Crippen molar-refractivity contribution < 1.29 is 22.3 Å². The number of H-pyrrole nitrogens is 1. The molecular weight excluding hydrogens is 567 g/mol. The number of hydrogen-bond acceptors (Lipinski definition) is 6. The first-order valence-electron chi connectivity index (χ1n) is 13.4. The Kier molecular flexibility index (Phi) is 7.02. The van der Waals surface area contributed by atoms with E-state index in [9.17, 15) is 23.2 Å². The monoisotopic (exact) mass is 594 g/mol. The van der Waals surface area contributed by atoms with Gasteiger partial charge in [0.05, 0.1) is 23.6 Å². The molecule has 0 aliphatic heterocycles. The van der Waals surface area contributed by atoms with Crippen molar-refractivity contribution in [1.29, 1.82) is 5.26 Å². The van der Waals surface area contributed by atoms with Crippen LogP contribution in [0, 0.1) is 17.1 Å².